The summed E-state index contributed by atoms with van der Waals surface area (Å²) in [7, 11) is 1.56. The smallest absolute Gasteiger partial charge is 0.308 e. The fourth-order valence-electron chi connectivity index (χ4n) is 5.24. The summed E-state index contributed by atoms with van der Waals surface area (Å²) in [6, 6.07) is 23.7. The molecule has 3 atom stereocenters. The number of benzene rings is 3. The van der Waals surface area contributed by atoms with Crippen molar-refractivity contribution >= 4 is 52.2 Å². The number of ether oxygens (including phenoxy) is 1. The molecule has 3 unspecified atom stereocenters. The van der Waals surface area contributed by atoms with E-state index >= 15 is 0 Å². The molecular formula is C30H25N3O5S2. The van der Waals surface area contributed by atoms with Gasteiger partial charge in [-0.25, -0.2) is 4.90 Å². The first-order valence-corrected chi connectivity index (χ1v) is 14.4. The van der Waals surface area contributed by atoms with Crippen LogP contribution in [0.15, 0.2) is 88.7 Å². The first kappa shape index (κ1) is 26.1. The molecule has 40 heavy (non-hydrogen) atoms. The zero-order valence-corrected chi connectivity index (χ0v) is 23.3. The highest BCUT2D eigenvalue weighted by molar-refractivity contribution is 8.00. The number of anilines is 2. The number of thioether (sulfide) groups is 1. The van der Waals surface area contributed by atoms with Gasteiger partial charge < -0.3 is 10.1 Å². The zero-order chi connectivity index (χ0) is 28.0. The fourth-order valence-corrected chi connectivity index (χ4v) is 8.01. The number of thiazole rings is 1. The molecule has 2 aliphatic rings. The molecule has 10 heteroatoms. The summed E-state index contributed by atoms with van der Waals surface area (Å²) in [5, 5.41) is 2.65. The lowest BCUT2D eigenvalue weighted by Crippen LogP contribution is -2.33. The highest BCUT2D eigenvalue weighted by Crippen LogP contribution is 2.53. The quantitative estimate of drug-likeness (QED) is 0.338. The normalized spacial score (nSPS) is 19.8. The number of hydrogen-bond donors (Lipinski definition) is 1. The summed E-state index contributed by atoms with van der Waals surface area (Å²) in [4.78, 5) is 55.6. The van der Waals surface area contributed by atoms with Gasteiger partial charge in [0.05, 0.1) is 23.7 Å². The third-order valence-corrected chi connectivity index (χ3v) is 9.78. The SMILES string of the molecule is COc1ccc(NC(=O)Cn2c3c(sc2=O)C(c2ccccc2)C2C(=O)N(c4ccc(C)cc4)C(=O)C2S3)cc1. The molecule has 0 saturated carbocycles. The number of amides is 3. The van der Waals surface area contributed by atoms with E-state index in [2.05, 4.69) is 5.32 Å². The van der Waals surface area contributed by atoms with Crippen molar-refractivity contribution < 1.29 is 19.1 Å². The van der Waals surface area contributed by atoms with Gasteiger partial charge in [-0.15, -0.1) is 0 Å². The second-order valence-corrected chi connectivity index (χ2v) is 11.8. The zero-order valence-electron chi connectivity index (χ0n) is 21.7. The lowest BCUT2D eigenvalue weighted by atomic mass is 9.83. The standard InChI is InChI=1S/C30H25N3O5S2/c1-17-8-12-20(13-9-17)33-27(35)24-23(18-6-4-3-5-7-18)26-29(39-25(24)28(33)36)32(30(37)40-26)16-22(34)31-19-10-14-21(38-2)15-11-19/h3-15,23-25H,16H2,1-2H3,(H,31,34). The van der Waals surface area contributed by atoms with Gasteiger partial charge in [-0.3, -0.25) is 23.7 Å². The summed E-state index contributed by atoms with van der Waals surface area (Å²) in [5.74, 6) is -1.47. The van der Waals surface area contributed by atoms with Gasteiger partial charge in [-0.2, -0.15) is 0 Å². The molecule has 3 amide bonds. The molecule has 3 heterocycles. The van der Waals surface area contributed by atoms with Crippen molar-refractivity contribution in [2.24, 2.45) is 5.92 Å². The van der Waals surface area contributed by atoms with Crippen LogP contribution in [-0.4, -0.2) is 34.6 Å². The summed E-state index contributed by atoms with van der Waals surface area (Å²) in [5.41, 5.74) is 2.98. The summed E-state index contributed by atoms with van der Waals surface area (Å²) < 4.78 is 6.58. The van der Waals surface area contributed by atoms with Crippen LogP contribution in [0.4, 0.5) is 11.4 Å². The average Bonchev–Trinajstić information content (AvgIpc) is 3.40. The van der Waals surface area contributed by atoms with Crippen molar-refractivity contribution in [1.82, 2.24) is 4.57 Å². The topological polar surface area (TPSA) is 97.7 Å². The van der Waals surface area contributed by atoms with Crippen molar-refractivity contribution in [3.05, 3.63) is 105 Å². The molecule has 4 aromatic rings. The minimum atomic E-state index is -0.726. The molecule has 1 N–H and O–H groups in total. The van der Waals surface area contributed by atoms with E-state index < -0.39 is 17.1 Å². The van der Waals surface area contributed by atoms with Gasteiger partial charge in [0.25, 0.3) is 0 Å². The maximum atomic E-state index is 13.9. The lowest BCUT2D eigenvalue weighted by Gasteiger charge is -2.30. The Labute approximate surface area is 238 Å². The van der Waals surface area contributed by atoms with E-state index in [1.165, 1.54) is 21.2 Å². The number of imide groups is 1. The second kappa shape index (κ2) is 10.4. The maximum absolute atomic E-state index is 13.9. The predicted molar refractivity (Wildman–Crippen MR) is 155 cm³/mol. The molecule has 1 saturated heterocycles. The minimum absolute atomic E-state index is 0.216. The van der Waals surface area contributed by atoms with E-state index in [0.717, 1.165) is 22.5 Å². The third-order valence-electron chi connectivity index (χ3n) is 7.18. The molecule has 0 bridgehead atoms. The van der Waals surface area contributed by atoms with Crippen molar-refractivity contribution in [2.75, 3.05) is 17.3 Å². The molecule has 6 rings (SSSR count). The van der Waals surface area contributed by atoms with Crippen LogP contribution in [0.1, 0.15) is 21.9 Å². The average molecular weight is 572 g/mol. The van der Waals surface area contributed by atoms with Gasteiger partial charge in [0, 0.05) is 16.5 Å². The highest BCUT2D eigenvalue weighted by Gasteiger charge is 2.56. The van der Waals surface area contributed by atoms with E-state index in [9.17, 15) is 19.2 Å². The van der Waals surface area contributed by atoms with Crippen molar-refractivity contribution in [1.29, 1.82) is 0 Å². The minimum Gasteiger partial charge on any atom is -0.497 e. The number of methoxy groups -OCH3 is 1. The molecule has 3 aromatic carbocycles. The van der Waals surface area contributed by atoms with Crippen molar-refractivity contribution in [3.63, 3.8) is 0 Å². The van der Waals surface area contributed by atoms with Gasteiger partial charge in [-0.1, -0.05) is 71.1 Å². The van der Waals surface area contributed by atoms with Crippen LogP contribution in [0.2, 0.25) is 0 Å². The van der Waals surface area contributed by atoms with E-state index in [1.807, 2.05) is 49.4 Å². The van der Waals surface area contributed by atoms with Crippen molar-refractivity contribution in [2.45, 2.75) is 29.7 Å². The van der Waals surface area contributed by atoms with Crippen LogP contribution in [0, 0.1) is 12.8 Å². The molecular weight excluding hydrogens is 546 g/mol. The Bertz CT molecular complexity index is 1660. The second-order valence-electron chi connectivity index (χ2n) is 9.70. The van der Waals surface area contributed by atoms with E-state index in [4.69, 9.17) is 4.74 Å². The third kappa shape index (κ3) is 4.52. The number of hydrogen-bond acceptors (Lipinski definition) is 7. The summed E-state index contributed by atoms with van der Waals surface area (Å²) in [6.07, 6.45) is 0. The molecule has 2 aliphatic heterocycles. The van der Waals surface area contributed by atoms with Crippen LogP contribution in [0.5, 0.6) is 5.75 Å². The number of nitrogens with one attached hydrogen (secondary N) is 1. The fraction of sp³-hybridized carbons (Fsp3) is 0.200. The number of rotatable bonds is 6. The number of aryl methyl sites for hydroxylation is 1. The number of carbonyl (C=O) groups is 3. The van der Waals surface area contributed by atoms with Gasteiger partial charge in [0.15, 0.2) is 0 Å². The summed E-state index contributed by atoms with van der Waals surface area (Å²) >= 11 is 2.24. The van der Waals surface area contributed by atoms with Crippen LogP contribution >= 0.6 is 23.1 Å². The number of fused-ring (bicyclic) bond motifs is 2. The van der Waals surface area contributed by atoms with Gasteiger partial charge in [0.2, 0.25) is 17.7 Å². The van der Waals surface area contributed by atoms with Gasteiger partial charge >= 0.3 is 4.87 Å². The molecule has 1 fully saturated rings. The number of aromatic nitrogens is 1. The Morgan fingerprint density at radius 1 is 0.925 bits per heavy atom. The Morgan fingerprint density at radius 2 is 1.62 bits per heavy atom. The Balaban J connectivity index is 1.37. The maximum Gasteiger partial charge on any atom is 0.308 e. The van der Waals surface area contributed by atoms with Crippen LogP contribution < -0.4 is 19.8 Å². The van der Waals surface area contributed by atoms with E-state index in [-0.39, 0.29) is 29.1 Å². The molecule has 1 aromatic heterocycles. The van der Waals surface area contributed by atoms with Crippen LogP contribution in [0.25, 0.3) is 0 Å². The van der Waals surface area contributed by atoms with Crippen LogP contribution in [0.3, 0.4) is 0 Å². The number of carbonyl (C=O) groups excluding carboxylic acids is 3. The Morgan fingerprint density at radius 3 is 2.30 bits per heavy atom. The summed E-state index contributed by atoms with van der Waals surface area (Å²) in [6.45, 7) is 1.73. The first-order chi connectivity index (χ1) is 19.4. The monoisotopic (exact) mass is 571 g/mol. The van der Waals surface area contributed by atoms with E-state index in [1.54, 1.807) is 43.5 Å². The Kier molecular flexibility index (Phi) is 6.81. The van der Waals surface area contributed by atoms with Crippen molar-refractivity contribution in [3.8, 4) is 5.75 Å². The molecule has 8 nitrogen and oxygen atoms in total. The highest BCUT2D eigenvalue weighted by atomic mass is 32.2. The first-order valence-electron chi connectivity index (χ1n) is 12.7. The molecule has 0 spiro atoms. The number of nitrogens with zero attached hydrogens (tertiary/aromatic N) is 2. The van der Waals surface area contributed by atoms with E-state index in [0.29, 0.717) is 27.0 Å². The predicted octanol–water partition coefficient (Wildman–Crippen LogP) is 4.66. The largest absolute Gasteiger partial charge is 0.497 e. The molecule has 0 radical (unpaired) electrons. The van der Waals surface area contributed by atoms with Gasteiger partial charge in [-0.05, 0) is 48.9 Å². The molecule has 202 valence electrons. The lowest BCUT2D eigenvalue weighted by molar-refractivity contribution is -0.122. The van der Waals surface area contributed by atoms with Gasteiger partial charge in [0.1, 0.15) is 17.5 Å². The molecule has 0 aliphatic carbocycles. The van der Waals surface area contributed by atoms with Crippen LogP contribution in [-0.2, 0) is 20.9 Å². The Hall–Kier alpha value is -4.15.